The van der Waals surface area contributed by atoms with Crippen LogP contribution in [0, 0.1) is 0 Å². The summed E-state index contributed by atoms with van der Waals surface area (Å²) in [6, 6.07) is 20.0. The Bertz CT molecular complexity index is 800. The lowest BCUT2D eigenvalue weighted by Gasteiger charge is -2.03. The monoisotopic (exact) mass is 230 g/mol. The fourth-order valence-electron chi connectivity index (χ4n) is 2.79. The van der Waals surface area contributed by atoms with Crippen LogP contribution < -0.4 is 0 Å². The van der Waals surface area contributed by atoms with Crippen LogP contribution in [0.25, 0.3) is 21.9 Å². The van der Waals surface area contributed by atoms with Gasteiger partial charge in [0.15, 0.2) is 5.78 Å². The van der Waals surface area contributed by atoms with E-state index < -0.39 is 0 Å². The topological polar surface area (TPSA) is 17.1 Å². The molecular formula is C17H10O. The highest BCUT2D eigenvalue weighted by molar-refractivity contribution is 6.27. The third-order valence-electron chi connectivity index (χ3n) is 3.62. The second-order valence-electron chi connectivity index (χ2n) is 4.58. The molecule has 18 heavy (non-hydrogen) atoms. The number of rotatable bonds is 0. The summed E-state index contributed by atoms with van der Waals surface area (Å²) in [5.74, 6) is 0.150. The van der Waals surface area contributed by atoms with Crippen molar-refractivity contribution in [2.24, 2.45) is 0 Å². The summed E-state index contributed by atoms with van der Waals surface area (Å²) in [6.07, 6.45) is 0. The predicted octanol–water partition coefficient (Wildman–Crippen LogP) is 4.05. The second-order valence-corrected chi connectivity index (χ2v) is 4.58. The highest BCUT2D eigenvalue weighted by Gasteiger charge is 2.27. The summed E-state index contributed by atoms with van der Waals surface area (Å²) in [5.41, 5.74) is 3.80. The van der Waals surface area contributed by atoms with Crippen molar-refractivity contribution in [2.75, 3.05) is 0 Å². The number of fused-ring (bicyclic) bond motifs is 5. The van der Waals surface area contributed by atoms with Gasteiger partial charge in [0.25, 0.3) is 0 Å². The molecule has 1 aliphatic carbocycles. The van der Waals surface area contributed by atoms with Gasteiger partial charge < -0.3 is 0 Å². The fourth-order valence-corrected chi connectivity index (χ4v) is 2.79. The zero-order valence-corrected chi connectivity index (χ0v) is 9.68. The van der Waals surface area contributed by atoms with E-state index in [-0.39, 0.29) is 5.78 Å². The van der Waals surface area contributed by atoms with Gasteiger partial charge in [0.2, 0.25) is 0 Å². The van der Waals surface area contributed by atoms with Crippen LogP contribution in [0.3, 0.4) is 0 Å². The highest BCUT2D eigenvalue weighted by Crippen LogP contribution is 2.39. The standard InChI is InChI=1S/C17H10O/c18-17-15-8-4-3-7-13(15)14-10-9-11-5-1-2-6-12(11)16(14)17/h1-10H. The molecule has 0 aromatic heterocycles. The Morgan fingerprint density at radius 2 is 1.33 bits per heavy atom. The first kappa shape index (κ1) is 9.60. The van der Waals surface area contributed by atoms with Gasteiger partial charge >= 0.3 is 0 Å². The van der Waals surface area contributed by atoms with E-state index in [0.717, 1.165) is 33.0 Å². The molecule has 1 aliphatic rings. The molecule has 0 heterocycles. The lowest BCUT2D eigenvalue weighted by Crippen LogP contribution is -1.95. The molecule has 0 radical (unpaired) electrons. The van der Waals surface area contributed by atoms with Crippen molar-refractivity contribution in [3.8, 4) is 11.1 Å². The van der Waals surface area contributed by atoms with E-state index in [0.29, 0.717) is 0 Å². The summed E-state index contributed by atoms with van der Waals surface area (Å²) in [7, 11) is 0. The van der Waals surface area contributed by atoms with Crippen molar-refractivity contribution >= 4 is 16.6 Å². The van der Waals surface area contributed by atoms with Gasteiger partial charge in [-0.25, -0.2) is 0 Å². The van der Waals surface area contributed by atoms with E-state index in [4.69, 9.17) is 0 Å². The van der Waals surface area contributed by atoms with Crippen LogP contribution >= 0.6 is 0 Å². The van der Waals surface area contributed by atoms with Gasteiger partial charge in [-0.2, -0.15) is 0 Å². The van der Waals surface area contributed by atoms with Gasteiger partial charge in [0.05, 0.1) is 0 Å². The third kappa shape index (κ3) is 1.08. The molecule has 0 saturated heterocycles. The molecule has 1 nitrogen and oxygen atoms in total. The first-order valence-electron chi connectivity index (χ1n) is 6.02. The summed E-state index contributed by atoms with van der Waals surface area (Å²) in [5, 5.41) is 2.17. The Morgan fingerprint density at radius 3 is 2.22 bits per heavy atom. The molecular weight excluding hydrogens is 220 g/mol. The van der Waals surface area contributed by atoms with E-state index in [1.165, 1.54) is 0 Å². The molecule has 0 N–H and O–H groups in total. The molecule has 1 heteroatoms. The SMILES string of the molecule is O=C1c2ccccc2-c2ccc3ccccc3c21. The summed E-state index contributed by atoms with van der Waals surface area (Å²) < 4.78 is 0. The zero-order valence-electron chi connectivity index (χ0n) is 9.68. The van der Waals surface area contributed by atoms with Crippen LogP contribution in [0.5, 0.6) is 0 Å². The summed E-state index contributed by atoms with van der Waals surface area (Å²) >= 11 is 0. The maximum Gasteiger partial charge on any atom is 0.194 e. The van der Waals surface area contributed by atoms with Crippen molar-refractivity contribution in [1.82, 2.24) is 0 Å². The minimum atomic E-state index is 0.150. The van der Waals surface area contributed by atoms with E-state index in [1.54, 1.807) is 0 Å². The van der Waals surface area contributed by atoms with Gasteiger partial charge in [-0.1, -0.05) is 60.7 Å². The Kier molecular flexibility index (Phi) is 1.76. The fraction of sp³-hybridized carbons (Fsp3) is 0. The summed E-state index contributed by atoms with van der Waals surface area (Å²) in [4.78, 5) is 12.5. The molecule has 0 spiro atoms. The van der Waals surface area contributed by atoms with Crippen molar-refractivity contribution < 1.29 is 4.79 Å². The average Bonchev–Trinajstić information content (AvgIpc) is 2.73. The smallest absolute Gasteiger partial charge is 0.194 e. The van der Waals surface area contributed by atoms with Crippen LogP contribution in [-0.2, 0) is 0 Å². The van der Waals surface area contributed by atoms with Crippen LogP contribution in [0.2, 0.25) is 0 Å². The Balaban J connectivity index is 2.18. The number of hydrogen-bond donors (Lipinski definition) is 0. The molecule has 0 saturated carbocycles. The molecule has 0 amide bonds. The molecule has 0 aliphatic heterocycles. The van der Waals surface area contributed by atoms with E-state index >= 15 is 0 Å². The quantitative estimate of drug-likeness (QED) is 0.445. The normalized spacial score (nSPS) is 12.6. The second kappa shape index (κ2) is 3.30. The van der Waals surface area contributed by atoms with Crippen molar-refractivity contribution in [2.45, 2.75) is 0 Å². The molecule has 0 atom stereocenters. The highest BCUT2D eigenvalue weighted by atomic mass is 16.1. The minimum absolute atomic E-state index is 0.150. The molecule has 4 rings (SSSR count). The first-order chi connectivity index (χ1) is 8.86. The van der Waals surface area contributed by atoms with Crippen molar-refractivity contribution in [3.05, 3.63) is 71.8 Å². The molecule has 0 fully saturated rings. The molecule has 0 unspecified atom stereocenters. The molecule has 84 valence electrons. The number of ketones is 1. The van der Waals surface area contributed by atoms with E-state index in [2.05, 4.69) is 12.1 Å². The number of carbonyl (C=O) groups excluding carboxylic acids is 1. The maximum absolute atomic E-state index is 12.5. The molecule has 3 aromatic rings. The average molecular weight is 230 g/mol. The number of carbonyl (C=O) groups is 1. The lowest BCUT2D eigenvalue weighted by atomic mass is 9.99. The number of benzene rings is 3. The molecule has 3 aromatic carbocycles. The van der Waals surface area contributed by atoms with Gasteiger partial charge in [-0.3, -0.25) is 4.79 Å². The number of hydrogen-bond acceptors (Lipinski definition) is 1. The van der Waals surface area contributed by atoms with Crippen LogP contribution in [0.4, 0.5) is 0 Å². The zero-order chi connectivity index (χ0) is 12.1. The van der Waals surface area contributed by atoms with E-state index in [1.807, 2.05) is 48.5 Å². The summed E-state index contributed by atoms with van der Waals surface area (Å²) in [6.45, 7) is 0. The Morgan fingerprint density at radius 1 is 0.611 bits per heavy atom. The van der Waals surface area contributed by atoms with Crippen molar-refractivity contribution in [3.63, 3.8) is 0 Å². The predicted molar refractivity (Wildman–Crippen MR) is 72.8 cm³/mol. The van der Waals surface area contributed by atoms with Gasteiger partial charge in [-0.15, -0.1) is 0 Å². The van der Waals surface area contributed by atoms with Gasteiger partial charge in [-0.05, 0) is 21.9 Å². The largest absolute Gasteiger partial charge is 0.289 e. The lowest BCUT2D eigenvalue weighted by molar-refractivity contribution is 0.104. The molecule has 0 bridgehead atoms. The third-order valence-corrected chi connectivity index (χ3v) is 3.62. The van der Waals surface area contributed by atoms with Gasteiger partial charge in [0.1, 0.15) is 0 Å². The van der Waals surface area contributed by atoms with Crippen LogP contribution in [-0.4, -0.2) is 5.78 Å². The van der Waals surface area contributed by atoms with Crippen LogP contribution in [0.1, 0.15) is 15.9 Å². The van der Waals surface area contributed by atoms with Gasteiger partial charge in [0, 0.05) is 11.1 Å². The first-order valence-corrected chi connectivity index (χ1v) is 6.02. The maximum atomic E-state index is 12.5. The Labute approximate surface area is 105 Å². The van der Waals surface area contributed by atoms with Crippen molar-refractivity contribution in [1.29, 1.82) is 0 Å². The van der Waals surface area contributed by atoms with Crippen LogP contribution in [0.15, 0.2) is 60.7 Å². The minimum Gasteiger partial charge on any atom is -0.289 e. The Hall–Kier alpha value is -2.41. The van der Waals surface area contributed by atoms with E-state index in [9.17, 15) is 4.79 Å².